The number of fused-ring (bicyclic) bond motifs is 2. The Labute approximate surface area is 110 Å². The fourth-order valence-electron chi connectivity index (χ4n) is 4.17. The van der Waals surface area contributed by atoms with Gasteiger partial charge in [0.15, 0.2) is 0 Å². The van der Waals surface area contributed by atoms with Crippen LogP contribution in [0.25, 0.3) is 0 Å². The normalized spacial score (nSPS) is 45.3. The van der Waals surface area contributed by atoms with E-state index < -0.39 is 0 Å². The van der Waals surface area contributed by atoms with E-state index >= 15 is 0 Å². The molecule has 2 N–H and O–H groups in total. The number of rotatable bonds is 3. The third kappa shape index (κ3) is 2.44. The SMILES string of the molecule is CNC1CCOCC1CN1C2CCC1CC(O)C2. The van der Waals surface area contributed by atoms with Gasteiger partial charge in [0.1, 0.15) is 0 Å². The minimum Gasteiger partial charge on any atom is -0.393 e. The zero-order valence-electron chi connectivity index (χ0n) is 11.3. The van der Waals surface area contributed by atoms with E-state index in [9.17, 15) is 5.11 Å². The van der Waals surface area contributed by atoms with Crippen LogP contribution in [0.2, 0.25) is 0 Å². The highest BCUT2D eigenvalue weighted by Crippen LogP contribution is 2.36. The van der Waals surface area contributed by atoms with Crippen LogP contribution >= 0.6 is 0 Å². The van der Waals surface area contributed by atoms with Crippen molar-refractivity contribution in [1.82, 2.24) is 10.2 Å². The Morgan fingerprint density at radius 3 is 2.61 bits per heavy atom. The van der Waals surface area contributed by atoms with Gasteiger partial charge in [-0.1, -0.05) is 0 Å². The molecule has 3 saturated heterocycles. The number of hydrogen-bond acceptors (Lipinski definition) is 4. The molecule has 0 radical (unpaired) electrons. The lowest BCUT2D eigenvalue weighted by molar-refractivity contribution is -0.0148. The summed E-state index contributed by atoms with van der Waals surface area (Å²) in [6, 6.07) is 1.85. The first-order valence-electron chi connectivity index (χ1n) is 7.46. The molecule has 3 heterocycles. The van der Waals surface area contributed by atoms with Crippen molar-refractivity contribution in [2.45, 2.75) is 56.3 Å². The summed E-state index contributed by atoms with van der Waals surface area (Å²) in [7, 11) is 2.07. The maximum atomic E-state index is 9.85. The average molecular weight is 254 g/mol. The van der Waals surface area contributed by atoms with Gasteiger partial charge < -0.3 is 15.2 Å². The molecule has 3 fully saturated rings. The van der Waals surface area contributed by atoms with Crippen LogP contribution in [0.3, 0.4) is 0 Å². The molecule has 0 aromatic carbocycles. The van der Waals surface area contributed by atoms with Crippen molar-refractivity contribution in [3.05, 3.63) is 0 Å². The Kier molecular flexibility index (Phi) is 3.89. The molecule has 0 aliphatic carbocycles. The molecule has 0 amide bonds. The van der Waals surface area contributed by atoms with Gasteiger partial charge in [-0.25, -0.2) is 0 Å². The first-order chi connectivity index (χ1) is 8.78. The molecular weight excluding hydrogens is 228 g/mol. The van der Waals surface area contributed by atoms with E-state index in [0.717, 1.165) is 39.0 Å². The molecule has 3 aliphatic heterocycles. The van der Waals surface area contributed by atoms with Crippen molar-refractivity contribution in [1.29, 1.82) is 0 Å². The smallest absolute Gasteiger partial charge is 0.0570 e. The van der Waals surface area contributed by atoms with E-state index in [1.165, 1.54) is 12.8 Å². The highest BCUT2D eigenvalue weighted by molar-refractivity contribution is 4.97. The van der Waals surface area contributed by atoms with E-state index in [-0.39, 0.29) is 6.10 Å². The van der Waals surface area contributed by atoms with E-state index in [1.807, 2.05) is 0 Å². The fraction of sp³-hybridized carbons (Fsp3) is 1.00. The van der Waals surface area contributed by atoms with Crippen LogP contribution in [0.4, 0.5) is 0 Å². The third-order valence-electron chi connectivity index (χ3n) is 5.15. The number of piperidine rings is 1. The summed E-state index contributed by atoms with van der Waals surface area (Å²) in [6.07, 6.45) is 5.59. The van der Waals surface area contributed by atoms with E-state index in [4.69, 9.17) is 4.74 Å². The van der Waals surface area contributed by atoms with Crippen molar-refractivity contribution in [3.63, 3.8) is 0 Å². The first-order valence-corrected chi connectivity index (χ1v) is 7.46. The van der Waals surface area contributed by atoms with E-state index in [1.54, 1.807) is 0 Å². The number of aliphatic hydroxyl groups is 1. The van der Waals surface area contributed by atoms with Gasteiger partial charge in [-0.05, 0) is 39.2 Å². The van der Waals surface area contributed by atoms with Crippen LogP contribution in [0, 0.1) is 5.92 Å². The first kappa shape index (κ1) is 12.9. The Bertz CT molecular complexity index is 273. The molecule has 3 rings (SSSR count). The van der Waals surface area contributed by atoms with E-state index in [0.29, 0.717) is 24.0 Å². The summed E-state index contributed by atoms with van der Waals surface area (Å²) < 4.78 is 5.65. The van der Waals surface area contributed by atoms with E-state index in [2.05, 4.69) is 17.3 Å². The molecule has 4 atom stereocenters. The highest BCUT2D eigenvalue weighted by atomic mass is 16.5. The third-order valence-corrected chi connectivity index (χ3v) is 5.15. The highest BCUT2D eigenvalue weighted by Gasteiger charge is 2.41. The maximum absolute atomic E-state index is 9.85. The average Bonchev–Trinajstić information content (AvgIpc) is 2.62. The number of nitrogens with one attached hydrogen (secondary N) is 1. The van der Waals surface area contributed by atoms with Crippen LogP contribution in [0.1, 0.15) is 32.1 Å². The topological polar surface area (TPSA) is 44.7 Å². The molecule has 0 saturated carbocycles. The van der Waals surface area contributed by atoms with Gasteiger partial charge in [0.05, 0.1) is 12.7 Å². The predicted octanol–water partition coefficient (Wildman–Crippen LogP) is 0.599. The Morgan fingerprint density at radius 2 is 1.94 bits per heavy atom. The Morgan fingerprint density at radius 1 is 1.22 bits per heavy atom. The molecule has 104 valence electrons. The van der Waals surface area contributed by atoms with Crippen molar-refractivity contribution >= 4 is 0 Å². The van der Waals surface area contributed by atoms with Gasteiger partial charge in [-0.3, -0.25) is 4.90 Å². The number of aliphatic hydroxyl groups excluding tert-OH is 1. The summed E-state index contributed by atoms with van der Waals surface area (Å²) >= 11 is 0. The summed E-state index contributed by atoms with van der Waals surface area (Å²) in [5.41, 5.74) is 0. The standard InChI is InChI=1S/C14H26N2O2/c1-15-14-4-5-18-9-10(14)8-16-11-2-3-12(16)7-13(17)6-11/h10-15,17H,2-9H2,1H3. The van der Waals surface area contributed by atoms with Crippen molar-refractivity contribution in [2.24, 2.45) is 5.92 Å². The predicted molar refractivity (Wildman–Crippen MR) is 70.5 cm³/mol. The van der Waals surface area contributed by atoms with Crippen LogP contribution in [-0.4, -0.2) is 61.0 Å². The molecule has 2 bridgehead atoms. The molecule has 0 aromatic rings. The van der Waals surface area contributed by atoms with Crippen LogP contribution in [0.15, 0.2) is 0 Å². The van der Waals surface area contributed by atoms with Crippen molar-refractivity contribution < 1.29 is 9.84 Å². The Hall–Kier alpha value is -0.160. The van der Waals surface area contributed by atoms with Gasteiger partial charge >= 0.3 is 0 Å². The lowest BCUT2D eigenvalue weighted by atomic mass is 9.92. The van der Waals surface area contributed by atoms with Gasteiger partial charge in [0.25, 0.3) is 0 Å². The molecule has 0 spiro atoms. The van der Waals surface area contributed by atoms with Gasteiger partial charge in [-0.15, -0.1) is 0 Å². The van der Waals surface area contributed by atoms with Gasteiger partial charge in [-0.2, -0.15) is 0 Å². The van der Waals surface area contributed by atoms with Crippen molar-refractivity contribution in [3.8, 4) is 0 Å². The van der Waals surface area contributed by atoms with Crippen LogP contribution in [0.5, 0.6) is 0 Å². The largest absolute Gasteiger partial charge is 0.393 e. The second kappa shape index (κ2) is 5.45. The van der Waals surface area contributed by atoms with Gasteiger partial charge in [0, 0.05) is 37.2 Å². The molecule has 0 aromatic heterocycles. The number of nitrogens with zero attached hydrogens (tertiary/aromatic N) is 1. The zero-order chi connectivity index (χ0) is 12.5. The fourth-order valence-corrected chi connectivity index (χ4v) is 4.17. The second-order valence-corrected chi connectivity index (χ2v) is 6.23. The Balaban J connectivity index is 1.62. The van der Waals surface area contributed by atoms with Gasteiger partial charge in [0.2, 0.25) is 0 Å². The zero-order valence-corrected chi connectivity index (χ0v) is 11.3. The van der Waals surface area contributed by atoms with Crippen LogP contribution < -0.4 is 5.32 Å². The number of ether oxygens (including phenoxy) is 1. The minimum absolute atomic E-state index is 0.0542. The molecule has 18 heavy (non-hydrogen) atoms. The second-order valence-electron chi connectivity index (χ2n) is 6.23. The quantitative estimate of drug-likeness (QED) is 0.774. The lowest BCUT2D eigenvalue weighted by Gasteiger charge is -2.41. The monoisotopic (exact) mass is 254 g/mol. The summed E-state index contributed by atoms with van der Waals surface area (Å²) in [5.74, 6) is 0.613. The van der Waals surface area contributed by atoms with Crippen molar-refractivity contribution in [2.75, 3.05) is 26.8 Å². The number of hydrogen-bond donors (Lipinski definition) is 2. The molecule has 4 heteroatoms. The summed E-state index contributed by atoms with van der Waals surface area (Å²) in [6.45, 7) is 2.94. The minimum atomic E-state index is -0.0542. The lowest BCUT2D eigenvalue weighted by Crippen LogP contribution is -2.52. The maximum Gasteiger partial charge on any atom is 0.0570 e. The molecule has 4 nitrogen and oxygen atoms in total. The summed E-state index contributed by atoms with van der Waals surface area (Å²) in [5, 5.41) is 13.3. The van der Waals surface area contributed by atoms with Crippen LogP contribution in [-0.2, 0) is 4.74 Å². The molecule has 3 aliphatic rings. The molecular formula is C14H26N2O2. The summed E-state index contributed by atoms with van der Waals surface area (Å²) in [4.78, 5) is 2.66. The molecule has 4 unspecified atom stereocenters.